The van der Waals surface area contributed by atoms with Gasteiger partial charge in [0.05, 0.1) is 0 Å². The Kier molecular flexibility index (Phi) is 10.5. The Morgan fingerprint density at radius 2 is 2.08 bits per heavy atom. The molecular weight excluding hydrogens is 178 g/mol. The maximum absolute atomic E-state index is 10.1. The molecule has 0 heterocycles. The first-order valence-electron chi connectivity index (χ1n) is 4.14. The Hall–Kier alpha value is -0.280. The second kappa shape index (κ2) is 8.81. The van der Waals surface area contributed by atoms with Gasteiger partial charge in [0.25, 0.3) is 0 Å². The Balaban J connectivity index is 0. The molecule has 0 aliphatic heterocycles. The largest absolute Gasteiger partial charge is 0.481 e. The molecule has 12 heavy (non-hydrogen) atoms. The van der Waals surface area contributed by atoms with Gasteiger partial charge in [0.1, 0.15) is 0 Å². The van der Waals surface area contributed by atoms with Gasteiger partial charge in [0, 0.05) is 12.5 Å². The summed E-state index contributed by atoms with van der Waals surface area (Å²) in [7, 11) is 0. The molecule has 0 aromatic carbocycles. The number of hydrogen-bond donors (Lipinski definition) is 2. The van der Waals surface area contributed by atoms with Crippen LogP contribution in [0.4, 0.5) is 0 Å². The van der Waals surface area contributed by atoms with Crippen LogP contribution in [0.25, 0.3) is 0 Å². The number of hydrogen-bond acceptors (Lipinski definition) is 2. The summed E-state index contributed by atoms with van der Waals surface area (Å²) < 4.78 is 0. The molecule has 3 N–H and O–H groups in total. The van der Waals surface area contributed by atoms with Gasteiger partial charge in [0.15, 0.2) is 0 Å². The third-order valence-corrected chi connectivity index (χ3v) is 1.66. The van der Waals surface area contributed by atoms with E-state index in [0.717, 1.165) is 19.3 Å². The molecule has 0 amide bonds. The van der Waals surface area contributed by atoms with Gasteiger partial charge in [-0.05, 0) is 12.8 Å². The van der Waals surface area contributed by atoms with Crippen LogP contribution in [-0.2, 0) is 4.79 Å². The Morgan fingerprint density at radius 3 is 2.50 bits per heavy atom. The molecule has 0 fully saturated rings. The van der Waals surface area contributed by atoms with E-state index in [-0.39, 0.29) is 24.9 Å². The predicted molar refractivity (Wildman–Crippen MR) is 51.6 cm³/mol. The normalized spacial score (nSPS) is 11.8. The smallest absolute Gasteiger partial charge is 0.303 e. The lowest BCUT2D eigenvalue weighted by atomic mass is 10.1. The lowest BCUT2D eigenvalue weighted by molar-refractivity contribution is -0.137. The minimum absolute atomic E-state index is 0. The van der Waals surface area contributed by atoms with Crippen LogP contribution in [0.1, 0.15) is 39.0 Å². The molecule has 0 aromatic rings. The topological polar surface area (TPSA) is 63.3 Å². The number of rotatable bonds is 6. The highest BCUT2D eigenvalue weighted by Gasteiger charge is 2.04. The zero-order valence-electron chi connectivity index (χ0n) is 7.45. The van der Waals surface area contributed by atoms with Crippen molar-refractivity contribution in [2.45, 2.75) is 45.1 Å². The maximum Gasteiger partial charge on any atom is 0.303 e. The summed E-state index contributed by atoms with van der Waals surface area (Å²) in [5.41, 5.74) is 5.64. The third kappa shape index (κ3) is 9.72. The quantitative estimate of drug-likeness (QED) is 0.679. The van der Waals surface area contributed by atoms with Crippen molar-refractivity contribution >= 4 is 18.4 Å². The SMILES string of the molecule is CCCCC(N)CCC(=O)O.Cl. The van der Waals surface area contributed by atoms with Crippen molar-refractivity contribution in [3.8, 4) is 0 Å². The summed E-state index contributed by atoms with van der Waals surface area (Å²) in [5.74, 6) is -0.753. The van der Waals surface area contributed by atoms with Gasteiger partial charge in [-0.3, -0.25) is 4.79 Å². The number of carboxylic acid groups (broad SMARTS) is 1. The lowest BCUT2D eigenvalue weighted by Gasteiger charge is -2.07. The molecule has 1 atom stereocenters. The van der Waals surface area contributed by atoms with E-state index >= 15 is 0 Å². The van der Waals surface area contributed by atoms with Crippen molar-refractivity contribution in [2.24, 2.45) is 5.73 Å². The molecule has 0 saturated heterocycles. The maximum atomic E-state index is 10.1. The minimum atomic E-state index is -0.753. The van der Waals surface area contributed by atoms with Crippen molar-refractivity contribution in [2.75, 3.05) is 0 Å². The summed E-state index contributed by atoms with van der Waals surface area (Å²) in [6.45, 7) is 2.10. The van der Waals surface area contributed by atoms with E-state index in [1.54, 1.807) is 0 Å². The molecule has 0 spiro atoms. The first-order chi connectivity index (χ1) is 5.16. The van der Waals surface area contributed by atoms with Gasteiger partial charge in [0.2, 0.25) is 0 Å². The fourth-order valence-corrected chi connectivity index (χ4v) is 0.920. The fraction of sp³-hybridized carbons (Fsp3) is 0.875. The van der Waals surface area contributed by atoms with Crippen LogP contribution in [0.3, 0.4) is 0 Å². The second-order valence-electron chi connectivity index (χ2n) is 2.83. The van der Waals surface area contributed by atoms with Gasteiger partial charge < -0.3 is 10.8 Å². The zero-order valence-corrected chi connectivity index (χ0v) is 8.27. The van der Waals surface area contributed by atoms with Crippen LogP contribution in [0, 0.1) is 0 Å². The van der Waals surface area contributed by atoms with Crippen LogP contribution in [0.5, 0.6) is 0 Å². The first-order valence-corrected chi connectivity index (χ1v) is 4.14. The molecule has 0 saturated carbocycles. The van der Waals surface area contributed by atoms with Gasteiger partial charge in [-0.1, -0.05) is 19.8 Å². The average Bonchev–Trinajstić information content (AvgIpc) is 1.97. The van der Waals surface area contributed by atoms with E-state index in [1.165, 1.54) is 0 Å². The van der Waals surface area contributed by atoms with E-state index in [2.05, 4.69) is 6.92 Å². The van der Waals surface area contributed by atoms with Crippen molar-refractivity contribution in [1.29, 1.82) is 0 Å². The highest BCUT2D eigenvalue weighted by molar-refractivity contribution is 5.85. The lowest BCUT2D eigenvalue weighted by Crippen LogP contribution is -2.20. The van der Waals surface area contributed by atoms with Crippen LogP contribution in [-0.4, -0.2) is 17.1 Å². The number of nitrogens with two attached hydrogens (primary N) is 1. The summed E-state index contributed by atoms with van der Waals surface area (Å²) >= 11 is 0. The molecule has 74 valence electrons. The number of unbranched alkanes of at least 4 members (excludes halogenated alkanes) is 1. The van der Waals surface area contributed by atoms with Crippen molar-refractivity contribution < 1.29 is 9.90 Å². The third-order valence-electron chi connectivity index (χ3n) is 1.66. The molecule has 4 heteroatoms. The van der Waals surface area contributed by atoms with Gasteiger partial charge >= 0.3 is 5.97 Å². The molecule has 1 unspecified atom stereocenters. The van der Waals surface area contributed by atoms with Gasteiger partial charge in [-0.25, -0.2) is 0 Å². The van der Waals surface area contributed by atoms with Gasteiger partial charge in [-0.2, -0.15) is 0 Å². The van der Waals surface area contributed by atoms with E-state index in [4.69, 9.17) is 10.8 Å². The van der Waals surface area contributed by atoms with Crippen molar-refractivity contribution in [3.05, 3.63) is 0 Å². The number of halogens is 1. The Labute approximate surface area is 79.7 Å². The Morgan fingerprint density at radius 1 is 1.50 bits per heavy atom. The van der Waals surface area contributed by atoms with E-state index in [0.29, 0.717) is 6.42 Å². The van der Waals surface area contributed by atoms with E-state index in [9.17, 15) is 4.79 Å². The summed E-state index contributed by atoms with van der Waals surface area (Å²) in [4.78, 5) is 10.1. The number of carboxylic acids is 1. The minimum Gasteiger partial charge on any atom is -0.481 e. The summed E-state index contributed by atoms with van der Waals surface area (Å²) in [5, 5.41) is 8.33. The molecule has 3 nitrogen and oxygen atoms in total. The van der Waals surface area contributed by atoms with Gasteiger partial charge in [-0.15, -0.1) is 12.4 Å². The van der Waals surface area contributed by atoms with Crippen molar-refractivity contribution in [1.82, 2.24) is 0 Å². The van der Waals surface area contributed by atoms with Crippen LogP contribution >= 0.6 is 12.4 Å². The Bertz CT molecular complexity index is 120. The first kappa shape index (κ1) is 14.3. The molecule has 0 aliphatic carbocycles. The summed E-state index contributed by atoms with van der Waals surface area (Å²) in [6.07, 6.45) is 3.98. The molecule has 0 bridgehead atoms. The van der Waals surface area contributed by atoms with E-state index in [1.807, 2.05) is 0 Å². The molecular formula is C8H18ClNO2. The van der Waals surface area contributed by atoms with E-state index < -0.39 is 5.97 Å². The standard InChI is InChI=1S/C8H17NO2.ClH/c1-2-3-4-7(9)5-6-8(10)11;/h7H,2-6,9H2,1H3,(H,10,11);1H. The zero-order chi connectivity index (χ0) is 8.69. The fourth-order valence-electron chi connectivity index (χ4n) is 0.920. The summed E-state index contributed by atoms with van der Waals surface area (Å²) in [6, 6.07) is 0.0750. The molecule has 0 rings (SSSR count). The van der Waals surface area contributed by atoms with Crippen molar-refractivity contribution in [3.63, 3.8) is 0 Å². The second-order valence-corrected chi connectivity index (χ2v) is 2.83. The molecule has 0 aliphatic rings. The molecule has 0 aromatic heterocycles. The highest BCUT2D eigenvalue weighted by Crippen LogP contribution is 2.03. The number of carbonyl (C=O) groups is 1. The number of aliphatic carboxylic acids is 1. The van der Waals surface area contributed by atoms with Crippen LogP contribution in [0.15, 0.2) is 0 Å². The van der Waals surface area contributed by atoms with Crippen LogP contribution in [0.2, 0.25) is 0 Å². The molecule has 0 radical (unpaired) electrons. The highest BCUT2D eigenvalue weighted by atomic mass is 35.5. The monoisotopic (exact) mass is 195 g/mol. The predicted octanol–water partition coefficient (Wildman–Crippen LogP) is 1.79. The average molecular weight is 196 g/mol. The van der Waals surface area contributed by atoms with Crippen LogP contribution < -0.4 is 5.73 Å².